The Hall–Kier alpha value is -2.21. The minimum absolute atomic E-state index is 0.0358. The molecule has 2 aromatic rings. The maximum absolute atomic E-state index is 12.3. The Morgan fingerprint density at radius 3 is 2.75 bits per heavy atom. The van der Waals surface area contributed by atoms with E-state index >= 15 is 0 Å². The summed E-state index contributed by atoms with van der Waals surface area (Å²) in [6.45, 7) is 4.81. The summed E-state index contributed by atoms with van der Waals surface area (Å²) in [4.78, 5) is 30.2. The quantitative estimate of drug-likeness (QED) is 0.876. The van der Waals surface area contributed by atoms with E-state index in [0.29, 0.717) is 23.2 Å². The average molecular weight is 343 g/mol. The Labute approximate surface area is 145 Å². The Kier molecular flexibility index (Phi) is 4.94. The summed E-state index contributed by atoms with van der Waals surface area (Å²) in [6.07, 6.45) is 1.64. The zero-order valence-electron chi connectivity index (χ0n) is 13.8. The molecular formula is C18H21N3O2S. The zero-order chi connectivity index (χ0) is 17.1. The summed E-state index contributed by atoms with van der Waals surface area (Å²) in [5.74, 6) is 0.0841. The molecule has 6 heteroatoms. The highest BCUT2D eigenvalue weighted by Crippen LogP contribution is 2.38. The summed E-state index contributed by atoms with van der Waals surface area (Å²) < 4.78 is 0. The molecule has 2 amide bonds. The van der Waals surface area contributed by atoms with Gasteiger partial charge < -0.3 is 5.32 Å². The van der Waals surface area contributed by atoms with E-state index in [1.807, 2.05) is 18.2 Å². The van der Waals surface area contributed by atoms with Gasteiger partial charge in [-0.1, -0.05) is 32.0 Å². The number of aryl methyl sites for hydroxylation is 1. The summed E-state index contributed by atoms with van der Waals surface area (Å²) >= 11 is 1.47. The number of anilines is 1. The van der Waals surface area contributed by atoms with Gasteiger partial charge in [0.25, 0.3) is 5.91 Å². The first-order chi connectivity index (χ1) is 11.5. The van der Waals surface area contributed by atoms with E-state index < -0.39 is 0 Å². The first-order valence-electron chi connectivity index (χ1n) is 8.18. The minimum Gasteiger partial charge on any atom is -0.355 e. The third-order valence-corrected chi connectivity index (χ3v) is 5.02. The molecule has 126 valence electrons. The van der Waals surface area contributed by atoms with Crippen molar-refractivity contribution < 1.29 is 9.59 Å². The van der Waals surface area contributed by atoms with Gasteiger partial charge in [-0.3, -0.25) is 14.9 Å². The van der Waals surface area contributed by atoms with Crippen molar-refractivity contribution in [3.63, 3.8) is 0 Å². The molecule has 1 heterocycles. The molecule has 1 aliphatic rings. The third kappa shape index (κ3) is 3.64. The van der Waals surface area contributed by atoms with Crippen molar-refractivity contribution in [1.82, 2.24) is 10.3 Å². The van der Waals surface area contributed by atoms with Crippen molar-refractivity contribution in [2.45, 2.75) is 32.6 Å². The lowest BCUT2D eigenvalue weighted by Crippen LogP contribution is -2.31. The number of hydrogen-bond donors (Lipinski definition) is 2. The smallest absolute Gasteiger partial charge is 0.257 e. The second-order valence-electron chi connectivity index (χ2n) is 6.38. The standard InChI is InChI=1S/C18H21N3O2S/c1-11(2)10-19-17(23)13-8-9-14-15(13)20-18(24-14)21-16(22)12-6-4-3-5-7-12/h3-7,11,13H,8-10H2,1-2H3,(H,19,23)(H,20,21,22). The third-order valence-electron chi connectivity index (χ3n) is 3.98. The van der Waals surface area contributed by atoms with E-state index in [1.54, 1.807) is 12.1 Å². The van der Waals surface area contributed by atoms with Crippen LogP contribution in [0.1, 0.15) is 47.1 Å². The predicted molar refractivity (Wildman–Crippen MR) is 95.4 cm³/mol. The van der Waals surface area contributed by atoms with Crippen LogP contribution in [0.4, 0.5) is 5.13 Å². The van der Waals surface area contributed by atoms with Crippen molar-refractivity contribution in [3.8, 4) is 0 Å². The van der Waals surface area contributed by atoms with Crippen LogP contribution in [0.15, 0.2) is 30.3 Å². The molecule has 2 N–H and O–H groups in total. The number of benzene rings is 1. The van der Waals surface area contributed by atoms with Gasteiger partial charge in [-0.15, -0.1) is 11.3 Å². The lowest BCUT2D eigenvalue weighted by molar-refractivity contribution is -0.122. The zero-order valence-corrected chi connectivity index (χ0v) is 14.7. The molecule has 0 saturated carbocycles. The highest BCUT2D eigenvalue weighted by molar-refractivity contribution is 7.16. The van der Waals surface area contributed by atoms with Gasteiger partial charge in [0.15, 0.2) is 5.13 Å². The lowest BCUT2D eigenvalue weighted by atomic mass is 10.1. The second kappa shape index (κ2) is 7.13. The number of thiazole rings is 1. The minimum atomic E-state index is -0.197. The van der Waals surface area contributed by atoms with Crippen LogP contribution in [0.25, 0.3) is 0 Å². The van der Waals surface area contributed by atoms with E-state index in [1.165, 1.54) is 11.3 Å². The van der Waals surface area contributed by atoms with E-state index in [2.05, 4.69) is 29.5 Å². The number of amides is 2. The maximum atomic E-state index is 12.3. The first-order valence-corrected chi connectivity index (χ1v) is 9.00. The number of rotatable bonds is 5. The molecule has 0 spiro atoms. The van der Waals surface area contributed by atoms with Crippen LogP contribution in [-0.2, 0) is 11.2 Å². The summed E-state index contributed by atoms with van der Waals surface area (Å²) in [6, 6.07) is 9.05. The summed E-state index contributed by atoms with van der Waals surface area (Å²) in [7, 11) is 0. The molecule has 0 saturated heterocycles. The van der Waals surface area contributed by atoms with Crippen molar-refractivity contribution in [2.75, 3.05) is 11.9 Å². The molecular weight excluding hydrogens is 322 g/mol. The number of fused-ring (bicyclic) bond motifs is 1. The Morgan fingerprint density at radius 1 is 1.29 bits per heavy atom. The summed E-state index contributed by atoms with van der Waals surface area (Å²) in [5, 5.41) is 6.38. The highest BCUT2D eigenvalue weighted by Gasteiger charge is 2.32. The van der Waals surface area contributed by atoms with Gasteiger partial charge in [-0.2, -0.15) is 0 Å². The van der Waals surface area contributed by atoms with Gasteiger partial charge in [0.05, 0.1) is 11.6 Å². The van der Waals surface area contributed by atoms with Gasteiger partial charge >= 0.3 is 0 Å². The van der Waals surface area contributed by atoms with Crippen molar-refractivity contribution >= 4 is 28.3 Å². The lowest BCUT2D eigenvalue weighted by Gasteiger charge is -2.12. The number of carbonyl (C=O) groups excluding carboxylic acids is 2. The fraction of sp³-hybridized carbons (Fsp3) is 0.389. The van der Waals surface area contributed by atoms with E-state index in [-0.39, 0.29) is 17.7 Å². The molecule has 24 heavy (non-hydrogen) atoms. The number of carbonyl (C=O) groups is 2. The molecule has 0 radical (unpaired) electrons. The van der Waals surface area contributed by atoms with Gasteiger partial charge in [0, 0.05) is 17.0 Å². The van der Waals surface area contributed by atoms with E-state index in [9.17, 15) is 9.59 Å². The normalized spacial score (nSPS) is 16.0. The molecule has 1 unspecified atom stereocenters. The molecule has 0 bridgehead atoms. The average Bonchev–Trinajstić information content (AvgIpc) is 3.13. The Bertz CT molecular complexity index is 740. The van der Waals surface area contributed by atoms with Gasteiger partial charge in [0.1, 0.15) is 0 Å². The number of aromatic nitrogens is 1. The van der Waals surface area contributed by atoms with Crippen LogP contribution >= 0.6 is 11.3 Å². The number of nitrogens with zero attached hydrogens (tertiary/aromatic N) is 1. The van der Waals surface area contributed by atoms with Crippen molar-refractivity contribution in [3.05, 3.63) is 46.5 Å². The highest BCUT2D eigenvalue weighted by atomic mass is 32.1. The second-order valence-corrected chi connectivity index (χ2v) is 7.46. The fourth-order valence-electron chi connectivity index (χ4n) is 2.72. The van der Waals surface area contributed by atoms with Crippen molar-refractivity contribution in [2.24, 2.45) is 5.92 Å². The largest absolute Gasteiger partial charge is 0.355 e. The molecule has 1 atom stereocenters. The molecule has 1 aromatic carbocycles. The monoisotopic (exact) mass is 343 g/mol. The number of nitrogens with one attached hydrogen (secondary N) is 2. The Balaban J connectivity index is 1.68. The van der Waals surface area contributed by atoms with Gasteiger partial charge in [-0.25, -0.2) is 4.98 Å². The number of hydrogen-bond acceptors (Lipinski definition) is 4. The topological polar surface area (TPSA) is 71.1 Å². The molecule has 0 fully saturated rings. The van der Waals surface area contributed by atoms with Gasteiger partial charge in [0.2, 0.25) is 5.91 Å². The van der Waals surface area contributed by atoms with Crippen molar-refractivity contribution in [1.29, 1.82) is 0 Å². The van der Waals surface area contributed by atoms with Crippen LogP contribution in [0.3, 0.4) is 0 Å². The summed E-state index contributed by atoms with van der Waals surface area (Å²) in [5.41, 5.74) is 1.42. The first kappa shape index (κ1) is 16.6. The van der Waals surface area contributed by atoms with Crippen LogP contribution < -0.4 is 10.6 Å². The van der Waals surface area contributed by atoms with Crippen LogP contribution in [0.2, 0.25) is 0 Å². The Morgan fingerprint density at radius 2 is 2.04 bits per heavy atom. The maximum Gasteiger partial charge on any atom is 0.257 e. The van der Waals surface area contributed by atoms with E-state index in [0.717, 1.165) is 23.4 Å². The fourth-order valence-corrected chi connectivity index (χ4v) is 3.76. The van der Waals surface area contributed by atoms with Crippen LogP contribution in [0.5, 0.6) is 0 Å². The molecule has 1 aliphatic carbocycles. The molecule has 1 aromatic heterocycles. The molecule has 0 aliphatic heterocycles. The van der Waals surface area contributed by atoms with Gasteiger partial charge in [-0.05, 0) is 30.9 Å². The van der Waals surface area contributed by atoms with Crippen LogP contribution in [0, 0.1) is 5.92 Å². The van der Waals surface area contributed by atoms with Crippen LogP contribution in [-0.4, -0.2) is 23.3 Å². The molecule has 3 rings (SSSR count). The SMILES string of the molecule is CC(C)CNC(=O)C1CCc2sc(NC(=O)c3ccccc3)nc21. The molecule has 5 nitrogen and oxygen atoms in total. The van der Waals surface area contributed by atoms with E-state index in [4.69, 9.17) is 0 Å². The predicted octanol–water partition coefficient (Wildman–Crippen LogP) is 3.20.